The van der Waals surface area contributed by atoms with Crippen LogP contribution in [0.3, 0.4) is 0 Å². The molecule has 28 heavy (non-hydrogen) atoms. The van der Waals surface area contributed by atoms with Crippen LogP contribution < -0.4 is 5.73 Å². The van der Waals surface area contributed by atoms with E-state index in [0.29, 0.717) is 0 Å². The van der Waals surface area contributed by atoms with E-state index >= 15 is 0 Å². The predicted octanol–water partition coefficient (Wildman–Crippen LogP) is 5.41. The molecule has 0 spiro atoms. The summed E-state index contributed by atoms with van der Waals surface area (Å²) >= 11 is 0. The highest BCUT2D eigenvalue weighted by molar-refractivity contribution is 5.86. The van der Waals surface area contributed by atoms with Crippen LogP contribution >= 0.6 is 0 Å². The molecule has 0 aliphatic carbocycles. The smallest absolute Gasteiger partial charge is 0.114 e. The van der Waals surface area contributed by atoms with Crippen molar-refractivity contribution in [1.82, 2.24) is 9.55 Å². The summed E-state index contributed by atoms with van der Waals surface area (Å²) < 4.78 is 2.34. The van der Waals surface area contributed by atoms with Gasteiger partial charge in [-0.2, -0.15) is 0 Å². The third-order valence-electron chi connectivity index (χ3n) is 5.28. The molecule has 1 aromatic heterocycles. The maximum Gasteiger partial charge on any atom is 0.114 e. The number of fused-ring (bicyclic) bond motifs is 2. The van der Waals surface area contributed by atoms with Gasteiger partial charge in [0.15, 0.2) is 0 Å². The van der Waals surface area contributed by atoms with Crippen LogP contribution in [0.15, 0.2) is 91.0 Å². The van der Waals surface area contributed by atoms with E-state index in [9.17, 15) is 0 Å². The molecular formula is C25H21N3. The van der Waals surface area contributed by atoms with Crippen LogP contribution in [0, 0.1) is 0 Å². The first-order valence-electron chi connectivity index (χ1n) is 9.53. The van der Waals surface area contributed by atoms with Gasteiger partial charge in [0, 0.05) is 18.7 Å². The van der Waals surface area contributed by atoms with Crippen LogP contribution in [0.2, 0.25) is 0 Å². The topological polar surface area (TPSA) is 43.8 Å². The minimum Gasteiger partial charge on any atom is -0.399 e. The predicted molar refractivity (Wildman–Crippen MR) is 116 cm³/mol. The Morgan fingerprint density at radius 3 is 2.39 bits per heavy atom. The van der Waals surface area contributed by atoms with Crippen molar-refractivity contribution in [3.63, 3.8) is 0 Å². The lowest BCUT2D eigenvalue weighted by atomic mass is 10.0. The molecule has 2 N–H and O–H groups in total. The number of hydrogen-bond acceptors (Lipinski definition) is 2. The second-order valence-electron chi connectivity index (χ2n) is 7.16. The van der Waals surface area contributed by atoms with Crippen LogP contribution in [-0.4, -0.2) is 9.55 Å². The molecule has 0 amide bonds. The van der Waals surface area contributed by atoms with E-state index in [1.165, 1.54) is 27.4 Å². The fourth-order valence-corrected chi connectivity index (χ4v) is 3.86. The van der Waals surface area contributed by atoms with Gasteiger partial charge in [0.25, 0.3) is 0 Å². The quantitative estimate of drug-likeness (QED) is 0.434. The molecule has 0 unspecified atom stereocenters. The fourth-order valence-electron chi connectivity index (χ4n) is 3.86. The average Bonchev–Trinajstić information content (AvgIpc) is 3.07. The number of nitrogens with zero attached hydrogens (tertiary/aromatic N) is 2. The number of para-hydroxylation sites is 2. The van der Waals surface area contributed by atoms with Gasteiger partial charge in [0.2, 0.25) is 0 Å². The SMILES string of the molecule is Nc1ccc(Cc2nc3ccccc3n2Cc2cccc3ccccc23)cc1. The van der Waals surface area contributed by atoms with E-state index in [0.717, 1.165) is 30.0 Å². The summed E-state index contributed by atoms with van der Waals surface area (Å²) in [6.45, 7) is 0.798. The average molecular weight is 363 g/mol. The van der Waals surface area contributed by atoms with E-state index in [1.807, 2.05) is 18.2 Å². The van der Waals surface area contributed by atoms with Crippen molar-refractivity contribution >= 4 is 27.5 Å². The van der Waals surface area contributed by atoms with Gasteiger partial charge >= 0.3 is 0 Å². The summed E-state index contributed by atoms with van der Waals surface area (Å²) in [5.41, 5.74) is 11.4. The summed E-state index contributed by atoms with van der Waals surface area (Å²) in [6, 6.07) is 31.5. The van der Waals surface area contributed by atoms with Crippen molar-refractivity contribution in [3.8, 4) is 0 Å². The van der Waals surface area contributed by atoms with Crippen LogP contribution in [-0.2, 0) is 13.0 Å². The molecule has 136 valence electrons. The van der Waals surface area contributed by atoms with Crippen LogP contribution in [0.25, 0.3) is 21.8 Å². The first-order chi connectivity index (χ1) is 13.8. The number of anilines is 1. The molecular weight excluding hydrogens is 342 g/mol. The number of aromatic nitrogens is 2. The van der Waals surface area contributed by atoms with Gasteiger partial charge < -0.3 is 10.3 Å². The number of benzene rings is 4. The molecule has 0 aliphatic rings. The van der Waals surface area contributed by atoms with Crippen LogP contribution in [0.1, 0.15) is 17.0 Å². The number of nitrogen functional groups attached to an aromatic ring is 1. The summed E-state index contributed by atoms with van der Waals surface area (Å²) in [5.74, 6) is 1.07. The minimum atomic E-state index is 0.778. The molecule has 0 atom stereocenters. The Morgan fingerprint density at radius 1 is 0.750 bits per heavy atom. The third-order valence-corrected chi connectivity index (χ3v) is 5.28. The van der Waals surface area contributed by atoms with Crippen molar-refractivity contribution in [2.45, 2.75) is 13.0 Å². The molecule has 0 fully saturated rings. The van der Waals surface area contributed by atoms with Crippen molar-refractivity contribution in [2.24, 2.45) is 0 Å². The monoisotopic (exact) mass is 363 g/mol. The Balaban J connectivity index is 1.62. The van der Waals surface area contributed by atoms with Gasteiger partial charge in [0.1, 0.15) is 5.82 Å². The largest absolute Gasteiger partial charge is 0.399 e. The highest BCUT2D eigenvalue weighted by Gasteiger charge is 2.12. The summed E-state index contributed by atoms with van der Waals surface area (Å²) in [7, 11) is 0. The lowest BCUT2D eigenvalue weighted by molar-refractivity contribution is 0.766. The molecule has 3 heteroatoms. The molecule has 5 rings (SSSR count). The van der Waals surface area contributed by atoms with Gasteiger partial charge in [0.05, 0.1) is 11.0 Å². The normalized spacial score (nSPS) is 11.3. The van der Waals surface area contributed by atoms with Gasteiger partial charge in [-0.15, -0.1) is 0 Å². The first-order valence-corrected chi connectivity index (χ1v) is 9.53. The molecule has 5 aromatic rings. The summed E-state index contributed by atoms with van der Waals surface area (Å²) in [4.78, 5) is 4.94. The molecule has 0 bridgehead atoms. The Bertz CT molecular complexity index is 1260. The Kier molecular flexibility index (Phi) is 4.06. The second-order valence-corrected chi connectivity index (χ2v) is 7.16. The first kappa shape index (κ1) is 16.6. The van der Waals surface area contributed by atoms with Crippen LogP contribution in [0.5, 0.6) is 0 Å². The second kappa shape index (κ2) is 6.86. The lowest BCUT2D eigenvalue weighted by Gasteiger charge is -2.12. The highest BCUT2D eigenvalue weighted by atomic mass is 15.1. The van der Waals surface area contributed by atoms with E-state index in [2.05, 4.69) is 77.4 Å². The zero-order valence-corrected chi connectivity index (χ0v) is 15.5. The van der Waals surface area contributed by atoms with E-state index in [-0.39, 0.29) is 0 Å². The number of nitrogens with two attached hydrogens (primary N) is 1. The van der Waals surface area contributed by atoms with Crippen molar-refractivity contribution in [2.75, 3.05) is 5.73 Å². The van der Waals surface area contributed by atoms with E-state index < -0.39 is 0 Å². The Labute approximate surface area is 164 Å². The molecule has 0 radical (unpaired) electrons. The molecule has 0 aliphatic heterocycles. The van der Waals surface area contributed by atoms with Gasteiger partial charge in [-0.25, -0.2) is 4.98 Å². The van der Waals surface area contributed by atoms with E-state index in [4.69, 9.17) is 10.7 Å². The number of imidazole rings is 1. The standard InChI is InChI=1S/C25H21N3/c26-21-14-12-18(13-15-21)16-25-27-23-10-3-4-11-24(23)28(25)17-20-8-5-7-19-6-1-2-9-22(19)20/h1-15H,16-17,26H2. The van der Waals surface area contributed by atoms with Gasteiger partial charge in [-0.1, -0.05) is 66.7 Å². The zero-order valence-electron chi connectivity index (χ0n) is 15.5. The molecule has 4 aromatic carbocycles. The molecule has 3 nitrogen and oxygen atoms in total. The van der Waals surface area contributed by atoms with Crippen LogP contribution in [0.4, 0.5) is 5.69 Å². The third kappa shape index (κ3) is 3.01. The summed E-state index contributed by atoms with van der Waals surface area (Å²) in [6.07, 6.45) is 0.778. The maximum absolute atomic E-state index is 5.85. The number of hydrogen-bond donors (Lipinski definition) is 1. The zero-order chi connectivity index (χ0) is 18.9. The minimum absolute atomic E-state index is 0.778. The molecule has 0 saturated carbocycles. The molecule has 1 heterocycles. The van der Waals surface area contributed by atoms with Gasteiger partial charge in [-0.3, -0.25) is 0 Å². The van der Waals surface area contributed by atoms with Crippen molar-refractivity contribution < 1.29 is 0 Å². The maximum atomic E-state index is 5.85. The fraction of sp³-hybridized carbons (Fsp3) is 0.0800. The molecule has 0 saturated heterocycles. The Morgan fingerprint density at radius 2 is 1.50 bits per heavy atom. The Hall–Kier alpha value is -3.59. The highest BCUT2D eigenvalue weighted by Crippen LogP contribution is 2.24. The lowest BCUT2D eigenvalue weighted by Crippen LogP contribution is -2.06. The van der Waals surface area contributed by atoms with Crippen molar-refractivity contribution in [1.29, 1.82) is 0 Å². The number of rotatable bonds is 4. The van der Waals surface area contributed by atoms with Gasteiger partial charge in [-0.05, 0) is 46.2 Å². The van der Waals surface area contributed by atoms with Crippen molar-refractivity contribution in [3.05, 3.63) is 108 Å². The summed E-state index contributed by atoms with van der Waals surface area (Å²) in [5, 5.41) is 2.56. The van der Waals surface area contributed by atoms with E-state index in [1.54, 1.807) is 0 Å².